The van der Waals surface area contributed by atoms with Gasteiger partial charge in [0.25, 0.3) is 0 Å². The van der Waals surface area contributed by atoms with Gasteiger partial charge in [0.05, 0.1) is 5.69 Å². The number of carbonyl (C=O) groups excluding carboxylic acids is 1. The Morgan fingerprint density at radius 2 is 1.68 bits per heavy atom. The van der Waals surface area contributed by atoms with E-state index in [1.165, 1.54) is 12.5 Å². The van der Waals surface area contributed by atoms with Crippen LogP contribution in [0, 0.1) is 11.6 Å². The van der Waals surface area contributed by atoms with E-state index in [2.05, 4.69) is 12.2 Å². The van der Waals surface area contributed by atoms with E-state index in [0.717, 1.165) is 49.1 Å². The van der Waals surface area contributed by atoms with Gasteiger partial charge in [-0.15, -0.1) is 0 Å². The molecule has 1 N–H and O–H groups in total. The molecule has 2 aromatic rings. The molecule has 0 saturated heterocycles. The van der Waals surface area contributed by atoms with Crippen molar-refractivity contribution < 1.29 is 18.3 Å². The van der Waals surface area contributed by atoms with E-state index >= 15 is 0 Å². The van der Waals surface area contributed by atoms with Crippen LogP contribution in [0.4, 0.5) is 19.3 Å². The first-order chi connectivity index (χ1) is 14.7. The maximum atomic E-state index is 14.0. The quantitative estimate of drug-likeness (QED) is 0.405. The second kappa shape index (κ2) is 11.7. The van der Waals surface area contributed by atoms with Crippen molar-refractivity contribution >= 4 is 11.7 Å². The van der Waals surface area contributed by atoms with Gasteiger partial charge in [-0.05, 0) is 57.0 Å². The van der Waals surface area contributed by atoms with E-state index in [9.17, 15) is 13.6 Å². The standard InChI is InChI=1S/C25H34F2N2O2/c1-5-6-7-8-9-16-29(24(30)28-23-15-12-20(26)17-22(23)27)18-19-10-13-21(14-11-19)31-25(2,3)4/h10-15,17H,5-9,16,18H2,1-4H3,(H,28,30). The lowest BCUT2D eigenvalue weighted by molar-refractivity contribution is 0.131. The molecule has 2 rings (SSSR count). The molecule has 0 bridgehead atoms. The van der Waals surface area contributed by atoms with Gasteiger partial charge in [-0.3, -0.25) is 0 Å². The third kappa shape index (κ3) is 8.95. The van der Waals surface area contributed by atoms with Gasteiger partial charge in [0.1, 0.15) is 23.0 Å². The Balaban J connectivity index is 2.07. The minimum Gasteiger partial charge on any atom is -0.488 e. The fourth-order valence-corrected chi connectivity index (χ4v) is 3.18. The number of hydrogen-bond donors (Lipinski definition) is 1. The monoisotopic (exact) mass is 432 g/mol. The minimum atomic E-state index is -0.792. The molecular weight excluding hydrogens is 398 g/mol. The summed E-state index contributed by atoms with van der Waals surface area (Å²) in [6, 6.07) is 10.3. The molecule has 2 aromatic carbocycles. The molecule has 31 heavy (non-hydrogen) atoms. The molecule has 0 heterocycles. The number of nitrogens with one attached hydrogen (secondary N) is 1. The van der Waals surface area contributed by atoms with Crippen LogP contribution >= 0.6 is 0 Å². The normalized spacial score (nSPS) is 11.3. The first-order valence-corrected chi connectivity index (χ1v) is 11.0. The summed E-state index contributed by atoms with van der Waals surface area (Å²) >= 11 is 0. The molecule has 170 valence electrons. The lowest BCUT2D eigenvalue weighted by atomic mass is 10.1. The van der Waals surface area contributed by atoms with E-state index in [4.69, 9.17) is 4.74 Å². The number of carbonyl (C=O) groups is 1. The average molecular weight is 433 g/mol. The third-order valence-electron chi connectivity index (χ3n) is 4.71. The van der Waals surface area contributed by atoms with Gasteiger partial charge in [-0.1, -0.05) is 44.7 Å². The molecule has 0 atom stereocenters. The minimum absolute atomic E-state index is 0.0312. The Kier molecular flexibility index (Phi) is 9.28. The van der Waals surface area contributed by atoms with E-state index in [-0.39, 0.29) is 11.3 Å². The number of unbranched alkanes of at least 4 members (excludes halogenated alkanes) is 4. The van der Waals surface area contributed by atoms with Gasteiger partial charge in [0.15, 0.2) is 0 Å². The molecule has 4 nitrogen and oxygen atoms in total. The Bertz CT molecular complexity index is 832. The molecule has 0 aliphatic carbocycles. The Labute approximate surface area is 184 Å². The van der Waals surface area contributed by atoms with Crippen LogP contribution in [0.5, 0.6) is 5.75 Å². The van der Waals surface area contributed by atoms with Gasteiger partial charge >= 0.3 is 6.03 Å². The molecule has 0 aliphatic heterocycles. The van der Waals surface area contributed by atoms with Crippen molar-refractivity contribution in [1.29, 1.82) is 0 Å². The molecule has 0 aromatic heterocycles. The molecule has 0 unspecified atom stereocenters. The first kappa shape index (κ1) is 24.6. The van der Waals surface area contributed by atoms with Crippen LogP contribution in [0.3, 0.4) is 0 Å². The van der Waals surface area contributed by atoms with Gasteiger partial charge in [-0.2, -0.15) is 0 Å². The fraction of sp³-hybridized carbons (Fsp3) is 0.480. The number of benzene rings is 2. The second-order valence-corrected chi connectivity index (χ2v) is 8.75. The van der Waals surface area contributed by atoms with Gasteiger partial charge in [0.2, 0.25) is 0 Å². The maximum Gasteiger partial charge on any atom is 0.322 e. The zero-order valence-corrected chi connectivity index (χ0v) is 19.0. The lowest BCUT2D eigenvalue weighted by Gasteiger charge is -2.24. The summed E-state index contributed by atoms with van der Waals surface area (Å²) in [5.74, 6) is -0.707. The van der Waals surface area contributed by atoms with Crippen LogP contribution in [0.1, 0.15) is 65.4 Å². The Morgan fingerprint density at radius 3 is 2.29 bits per heavy atom. The summed E-state index contributed by atoms with van der Waals surface area (Å²) in [7, 11) is 0. The van der Waals surface area contributed by atoms with Crippen molar-refractivity contribution in [3.05, 3.63) is 59.7 Å². The third-order valence-corrected chi connectivity index (χ3v) is 4.71. The highest BCUT2D eigenvalue weighted by atomic mass is 19.1. The molecule has 0 spiro atoms. The summed E-state index contributed by atoms with van der Waals surface area (Å²) in [6.45, 7) is 9.06. The van der Waals surface area contributed by atoms with Crippen molar-refractivity contribution in [2.75, 3.05) is 11.9 Å². The van der Waals surface area contributed by atoms with Crippen LogP contribution < -0.4 is 10.1 Å². The number of ether oxygens (including phenoxy) is 1. The predicted molar refractivity (Wildman–Crippen MR) is 121 cm³/mol. The summed E-state index contributed by atoms with van der Waals surface area (Å²) in [5, 5.41) is 2.57. The molecule has 0 radical (unpaired) electrons. The van der Waals surface area contributed by atoms with E-state index in [1.807, 2.05) is 45.0 Å². The highest BCUT2D eigenvalue weighted by Gasteiger charge is 2.17. The molecule has 6 heteroatoms. The smallest absolute Gasteiger partial charge is 0.322 e. The van der Waals surface area contributed by atoms with Crippen molar-refractivity contribution in [1.82, 2.24) is 4.90 Å². The van der Waals surface area contributed by atoms with Crippen LogP contribution in [-0.4, -0.2) is 23.1 Å². The molecular formula is C25H34F2N2O2. The summed E-state index contributed by atoms with van der Waals surface area (Å²) in [6.07, 6.45) is 5.34. The average Bonchev–Trinajstić information content (AvgIpc) is 2.69. The van der Waals surface area contributed by atoms with Crippen LogP contribution in [0.2, 0.25) is 0 Å². The van der Waals surface area contributed by atoms with Gasteiger partial charge < -0.3 is 15.0 Å². The summed E-state index contributed by atoms with van der Waals surface area (Å²) in [4.78, 5) is 14.5. The summed E-state index contributed by atoms with van der Waals surface area (Å²) in [5.41, 5.74) is 0.631. The largest absolute Gasteiger partial charge is 0.488 e. The van der Waals surface area contributed by atoms with Crippen molar-refractivity contribution in [3.63, 3.8) is 0 Å². The molecule has 2 amide bonds. The van der Waals surface area contributed by atoms with Crippen molar-refractivity contribution in [2.24, 2.45) is 0 Å². The van der Waals surface area contributed by atoms with E-state index < -0.39 is 17.7 Å². The van der Waals surface area contributed by atoms with Crippen molar-refractivity contribution in [3.8, 4) is 5.75 Å². The first-order valence-electron chi connectivity index (χ1n) is 11.0. The number of urea groups is 1. The van der Waals surface area contributed by atoms with Crippen LogP contribution in [0.15, 0.2) is 42.5 Å². The molecule has 0 aliphatic rings. The fourth-order valence-electron chi connectivity index (χ4n) is 3.18. The highest BCUT2D eigenvalue weighted by Crippen LogP contribution is 2.20. The predicted octanol–water partition coefficient (Wildman–Crippen LogP) is 7.15. The highest BCUT2D eigenvalue weighted by molar-refractivity contribution is 5.89. The number of rotatable bonds is 10. The second-order valence-electron chi connectivity index (χ2n) is 8.75. The molecule has 0 saturated carbocycles. The Hall–Kier alpha value is -2.63. The number of nitrogens with zero attached hydrogens (tertiary/aromatic N) is 1. The number of halogens is 2. The lowest BCUT2D eigenvalue weighted by Crippen LogP contribution is -2.35. The van der Waals surface area contributed by atoms with Gasteiger partial charge in [-0.25, -0.2) is 13.6 Å². The number of hydrogen-bond acceptors (Lipinski definition) is 2. The number of amides is 2. The van der Waals surface area contributed by atoms with Gasteiger partial charge in [0, 0.05) is 19.2 Å². The summed E-state index contributed by atoms with van der Waals surface area (Å²) < 4.78 is 33.0. The zero-order valence-electron chi connectivity index (χ0n) is 19.0. The van der Waals surface area contributed by atoms with E-state index in [1.54, 1.807) is 4.90 Å². The van der Waals surface area contributed by atoms with Crippen molar-refractivity contribution in [2.45, 2.75) is 71.9 Å². The SMILES string of the molecule is CCCCCCCN(Cc1ccc(OC(C)(C)C)cc1)C(=O)Nc1ccc(F)cc1F. The number of anilines is 1. The molecule has 0 fully saturated rings. The van der Waals surface area contributed by atoms with Crippen LogP contribution in [-0.2, 0) is 6.54 Å². The van der Waals surface area contributed by atoms with Crippen LogP contribution in [0.25, 0.3) is 0 Å². The van der Waals surface area contributed by atoms with E-state index in [0.29, 0.717) is 13.1 Å². The Morgan fingerprint density at radius 1 is 1.00 bits per heavy atom. The zero-order chi connectivity index (χ0) is 22.9. The topological polar surface area (TPSA) is 41.6 Å². The maximum absolute atomic E-state index is 14.0.